The second-order valence-electron chi connectivity index (χ2n) is 4.01. The van der Waals surface area contributed by atoms with Gasteiger partial charge in [0.1, 0.15) is 0 Å². The topological polar surface area (TPSA) is 41.1 Å². The van der Waals surface area contributed by atoms with Gasteiger partial charge in [0.15, 0.2) is 0 Å². The third-order valence-electron chi connectivity index (χ3n) is 2.90. The summed E-state index contributed by atoms with van der Waals surface area (Å²) in [5, 5.41) is 6.14. The van der Waals surface area contributed by atoms with Crippen LogP contribution in [0, 0.1) is 13.8 Å². The minimum atomic E-state index is -0.0510. The zero-order valence-corrected chi connectivity index (χ0v) is 10.4. The molecule has 4 heteroatoms. The number of rotatable bonds is 2. The predicted octanol–water partition coefficient (Wildman–Crippen LogP) is 1.90. The maximum atomic E-state index is 11.9. The second kappa shape index (κ2) is 4.89. The molecule has 1 saturated heterocycles. The van der Waals surface area contributed by atoms with Gasteiger partial charge in [-0.3, -0.25) is 10.1 Å². The van der Waals surface area contributed by atoms with Crippen molar-refractivity contribution in [3.8, 4) is 0 Å². The Morgan fingerprint density at radius 1 is 1.50 bits per heavy atom. The van der Waals surface area contributed by atoms with Crippen LogP contribution < -0.4 is 10.6 Å². The second-order valence-corrected chi connectivity index (χ2v) is 5.04. The Morgan fingerprint density at radius 2 is 2.31 bits per heavy atom. The van der Waals surface area contributed by atoms with Gasteiger partial charge < -0.3 is 5.32 Å². The normalized spacial score (nSPS) is 19.8. The molecule has 1 unspecified atom stereocenters. The number of aryl methyl sites for hydroxylation is 1. The Morgan fingerprint density at radius 3 is 3.00 bits per heavy atom. The molecule has 1 aliphatic heterocycles. The maximum absolute atomic E-state index is 11.9. The molecule has 0 radical (unpaired) electrons. The number of thioether (sulfide) groups is 1. The molecule has 1 aliphatic rings. The SMILES string of the molecule is Cc1cccc(NC(=O)C2CSCN2)c1C. The van der Waals surface area contributed by atoms with Gasteiger partial charge in [-0.25, -0.2) is 0 Å². The molecule has 0 spiro atoms. The fourth-order valence-electron chi connectivity index (χ4n) is 1.67. The van der Waals surface area contributed by atoms with E-state index in [2.05, 4.69) is 23.6 Å². The van der Waals surface area contributed by atoms with Gasteiger partial charge in [0.25, 0.3) is 0 Å². The van der Waals surface area contributed by atoms with Crippen LogP contribution in [-0.2, 0) is 4.79 Å². The monoisotopic (exact) mass is 236 g/mol. The van der Waals surface area contributed by atoms with E-state index in [0.29, 0.717) is 0 Å². The van der Waals surface area contributed by atoms with Crippen molar-refractivity contribution < 1.29 is 4.79 Å². The Labute approximate surface area is 100.0 Å². The smallest absolute Gasteiger partial charge is 0.242 e. The third kappa shape index (κ3) is 2.39. The first-order valence-electron chi connectivity index (χ1n) is 5.36. The van der Waals surface area contributed by atoms with Crippen LogP contribution >= 0.6 is 11.8 Å². The highest BCUT2D eigenvalue weighted by Crippen LogP contribution is 2.19. The van der Waals surface area contributed by atoms with Crippen molar-refractivity contribution in [1.82, 2.24) is 5.32 Å². The summed E-state index contributed by atoms with van der Waals surface area (Å²) in [5.41, 5.74) is 3.26. The lowest BCUT2D eigenvalue weighted by molar-refractivity contribution is -0.117. The van der Waals surface area contributed by atoms with Crippen LogP contribution in [0.1, 0.15) is 11.1 Å². The molecule has 2 rings (SSSR count). The molecule has 16 heavy (non-hydrogen) atoms. The van der Waals surface area contributed by atoms with Gasteiger partial charge in [-0.1, -0.05) is 12.1 Å². The lowest BCUT2D eigenvalue weighted by Crippen LogP contribution is -2.37. The van der Waals surface area contributed by atoms with Crippen molar-refractivity contribution in [3.05, 3.63) is 29.3 Å². The number of hydrogen-bond donors (Lipinski definition) is 2. The van der Waals surface area contributed by atoms with Gasteiger partial charge in [-0.05, 0) is 31.0 Å². The quantitative estimate of drug-likeness (QED) is 0.824. The van der Waals surface area contributed by atoms with E-state index >= 15 is 0 Å². The summed E-state index contributed by atoms with van der Waals surface area (Å²) in [6.45, 7) is 4.08. The lowest BCUT2D eigenvalue weighted by atomic mass is 10.1. The molecular formula is C12H16N2OS. The van der Waals surface area contributed by atoms with Crippen molar-refractivity contribution in [1.29, 1.82) is 0 Å². The van der Waals surface area contributed by atoms with Crippen LogP contribution in [0.4, 0.5) is 5.69 Å². The number of carbonyl (C=O) groups is 1. The van der Waals surface area contributed by atoms with Crippen molar-refractivity contribution in [2.45, 2.75) is 19.9 Å². The molecule has 1 amide bonds. The van der Waals surface area contributed by atoms with E-state index in [4.69, 9.17) is 0 Å². The zero-order valence-electron chi connectivity index (χ0n) is 9.54. The van der Waals surface area contributed by atoms with Crippen molar-refractivity contribution in [2.24, 2.45) is 0 Å². The molecule has 1 heterocycles. The average molecular weight is 236 g/mol. The number of carbonyl (C=O) groups excluding carboxylic acids is 1. The summed E-state index contributed by atoms with van der Waals surface area (Å²) in [7, 11) is 0. The summed E-state index contributed by atoms with van der Waals surface area (Å²) < 4.78 is 0. The van der Waals surface area contributed by atoms with Crippen molar-refractivity contribution in [2.75, 3.05) is 16.9 Å². The van der Waals surface area contributed by atoms with Gasteiger partial charge in [-0.15, -0.1) is 11.8 Å². The zero-order chi connectivity index (χ0) is 11.5. The number of amides is 1. The fourth-order valence-corrected chi connectivity index (χ4v) is 2.61. The van der Waals surface area contributed by atoms with Gasteiger partial charge in [-0.2, -0.15) is 0 Å². The Balaban J connectivity index is 2.08. The number of nitrogens with one attached hydrogen (secondary N) is 2. The highest BCUT2D eigenvalue weighted by atomic mass is 32.2. The molecule has 2 N–H and O–H groups in total. The molecule has 0 saturated carbocycles. The molecule has 1 aromatic rings. The first-order chi connectivity index (χ1) is 7.68. The molecule has 0 aromatic heterocycles. The van der Waals surface area contributed by atoms with Crippen LogP contribution in [0.15, 0.2) is 18.2 Å². The van der Waals surface area contributed by atoms with Gasteiger partial charge in [0.05, 0.1) is 6.04 Å². The van der Waals surface area contributed by atoms with Crippen molar-refractivity contribution >= 4 is 23.4 Å². The molecule has 3 nitrogen and oxygen atoms in total. The van der Waals surface area contributed by atoms with Crippen molar-refractivity contribution in [3.63, 3.8) is 0 Å². The largest absolute Gasteiger partial charge is 0.324 e. The maximum Gasteiger partial charge on any atom is 0.242 e. The number of anilines is 1. The standard InChI is InChI=1S/C12H16N2OS/c1-8-4-3-5-10(9(8)2)14-12(15)11-6-16-7-13-11/h3-5,11,13H,6-7H2,1-2H3,(H,14,15). The summed E-state index contributed by atoms with van der Waals surface area (Å²) in [6.07, 6.45) is 0. The number of benzene rings is 1. The van der Waals surface area contributed by atoms with Crippen LogP contribution in [0.3, 0.4) is 0 Å². The molecular weight excluding hydrogens is 220 g/mol. The molecule has 0 aliphatic carbocycles. The van der Waals surface area contributed by atoms with Crippen LogP contribution in [0.5, 0.6) is 0 Å². The molecule has 1 atom stereocenters. The average Bonchev–Trinajstić information content (AvgIpc) is 2.78. The fraction of sp³-hybridized carbons (Fsp3) is 0.417. The highest BCUT2D eigenvalue weighted by molar-refractivity contribution is 7.99. The Bertz CT molecular complexity index is 400. The van der Waals surface area contributed by atoms with E-state index < -0.39 is 0 Å². The molecule has 86 valence electrons. The van der Waals surface area contributed by atoms with E-state index in [-0.39, 0.29) is 11.9 Å². The first kappa shape index (κ1) is 11.5. The van der Waals surface area contributed by atoms with Gasteiger partial charge >= 0.3 is 0 Å². The number of hydrogen-bond acceptors (Lipinski definition) is 3. The lowest BCUT2D eigenvalue weighted by Gasteiger charge is -2.13. The van der Waals surface area contributed by atoms with E-state index in [1.54, 1.807) is 11.8 Å². The van der Waals surface area contributed by atoms with E-state index in [9.17, 15) is 4.79 Å². The van der Waals surface area contributed by atoms with Gasteiger partial charge in [0.2, 0.25) is 5.91 Å². The van der Waals surface area contributed by atoms with Gasteiger partial charge in [0, 0.05) is 17.3 Å². The van der Waals surface area contributed by atoms with E-state index in [1.165, 1.54) is 5.56 Å². The molecule has 0 bridgehead atoms. The van der Waals surface area contributed by atoms with Crippen LogP contribution in [0.25, 0.3) is 0 Å². The minimum absolute atomic E-state index is 0.0510. The summed E-state index contributed by atoms with van der Waals surface area (Å²) in [4.78, 5) is 11.9. The minimum Gasteiger partial charge on any atom is -0.324 e. The van der Waals surface area contributed by atoms with Crippen LogP contribution in [-0.4, -0.2) is 23.6 Å². The Hall–Kier alpha value is -1.00. The highest BCUT2D eigenvalue weighted by Gasteiger charge is 2.22. The molecule has 1 aromatic carbocycles. The summed E-state index contributed by atoms with van der Waals surface area (Å²) in [5.74, 6) is 1.79. The summed E-state index contributed by atoms with van der Waals surface area (Å²) >= 11 is 1.76. The first-order valence-corrected chi connectivity index (χ1v) is 6.52. The molecule has 1 fully saturated rings. The Kier molecular flexibility index (Phi) is 3.51. The van der Waals surface area contributed by atoms with Crippen LogP contribution in [0.2, 0.25) is 0 Å². The van der Waals surface area contributed by atoms with E-state index in [1.807, 2.05) is 19.1 Å². The predicted molar refractivity (Wildman–Crippen MR) is 68.8 cm³/mol. The van der Waals surface area contributed by atoms with E-state index in [0.717, 1.165) is 22.9 Å². The third-order valence-corrected chi connectivity index (χ3v) is 3.84. The summed E-state index contributed by atoms with van der Waals surface area (Å²) in [6, 6.07) is 5.91.